The van der Waals surface area contributed by atoms with Gasteiger partial charge in [-0.2, -0.15) is 5.10 Å². The van der Waals surface area contributed by atoms with Gasteiger partial charge in [-0.1, -0.05) is 36.4 Å². The lowest BCUT2D eigenvalue weighted by molar-refractivity contribution is 0.0697. The van der Waals surface area contributed by atoms with Crippen molar-refractivity contribution in [1.82, 2.24) is 9.78 Å². The van der Waals surface area contributed by atoms with E-state index in [-0.39, 0.29) is 5.56 Å². The smallest absolute Gasteiger partial charge is 0.340 e. The molecule has 3 rings (SSSR count). The number of allylic oxidation sites excluding steroid dienone is 1. The van der Waals surface area contributed by atoms with Gasteiger partial charge in [0.2, 0.25) is 0 Å². The highest BCUT2D eigenvalue weighted by atomic mass is 16.4. The summed E-state index contributed by atoms with van der Waals surface area (Å²) in [5.41, 5.74) is 2.36. The van der Waals surface area contributed by atoms with E-state index in [0.717, 1.165) is 18.5 Å². The first-order chi connectivity index (χ1) is 8.77. The van der Waals surface area contributed by atoms with E-state index < -0.39 is 5.97 Å². The number of carboxylic acid groups (broad SMARTS) is 1. The molecule has 0 amide bonds. The summed E-state index contributed by atoms with van der Waals surface area (Å²) in [6, 6.07) is 9.43. The Morgan fingerprint density at radius 3 is 2.78 bits per heavy atom. The molecule has 0 fully saturated rings. The van der Waals surface area contributed by atoms with E-state index in [1.165, 1.54) is 0 Å². The number of hydrogen-bond acceptors (Lipinski definition) is 2. The Morgan fingerprint density at radius 1 is 1.28 bits per heavy atom. The van der Waals surface area contributed by atoms with Crippen LogP contribution in [0.2, 0.25) is 0 Å². The van der Waals surface area contributed by atoms with E-state index in [4.69, 9.17) is 0 Å². The Hall–Kier alpha value is -2.36. The molecule has 90 valence electrons. The van der Waals surface area contributed by atoms with Crippen molar-refractivity contribution in [2.75, 3.05) is 0 Å². The van der Waals surface area contributed by atoms with Crippen molar-refractivity contribution in [2.45, 2.75) is 13.0 Å². The maximum absolute atomic E-state index is 11.4. The summed E-state index contributed by atoms with van der Waals surface area (Å²) in [5.74, 6) is -0.929. The van der Waals surface area contributed by atoms with Gasteiger partial charge in [0.1, 0.15) is 11.3 Å². The van der Waals surface area contributed by atoms with E-state index in [1.807, 2.05) is 42.5 Å². The second kappa shape index (κ2) is 4.14. The molecule has 1 aliphatic rings. The molecule has 0 bridgehead atoms. The van der Waals surface area contributed by atoms with Crippen LogP contribution in [0.4, 0.5) is 0 Å². The van der Waals surface area contributed by atoms with E-state index in [0.29, 0.717) is 11.4 Å². The van der Waals surface area contributed by atoms with Gasteiger partial charge in [-0.25, -0.2) is 4.79 Å². The summed E-state index contributed by atoms with van der Waals surface area (Å²) < 4.78 is 1.77. The van der Waals surface area contributed by atoms with Gasteiger partial charge < -0.3 is 5.11 Å². The molecule has 4 heteroatoms. The number of aryl methyl sites for hydroxylation is 1. The molecule has 4 nitrogen and oxygen atoms in total. The molecule has 18 heavy (non-hydrogen) atoms. The number of benzene rings is 1. The highest BCUT2D eigenvalue weighted by molar-refractivity contribution is 5.98. The SMILES string of the molecule is O=C(O)c1c(-c2ccccc2)nn2c1C=CCC2. The van der Waals surface area contributed by atoms with Crippen molar-refractivity contribution in [3.8, 4) is 11.3 Å². The molecular formula is C14H12N2O2. The number of hydrogen-bond donors (Lipinski definition) is 1. The number of nitrogens with zero attached hydrogens (tertiary/aromatic N) is 2. The van der Waals surface area contributed by atoms with Gasteiger partial charge in [0, 0.05) is 12.1 Å². The minimum atomic E-state index is -0.929. The van der Waals surface area contributed by atoms with Crippen molar-refractivity contribution in [3.05, 3.63) is 47.7 Å². The van der Waals surface area contributed by atoms with Gasteiger partial charge in [0.25, 0.3) is 0 Å². The summed E-state index contributed by atoms with van der Waals surface area (Å²) >= 11 is 0. The third kappa shape index (κ3) is 1.62. The van der Waals surface area contributed by atoms with E-state index in [9.17, 15) is 9.90 Å². The fourth-order valence-corrected chi connectivity index (χ4v) is 2.22. The van der Waals surface area contributed by atoms with Gasteiger partial charge in [-0.3, -0.25) is 4.68 Å². The summed E-state index contributed by atoms with van der Waals surface area (Å²) in [6.07, 6.45) is 4.71. The molecule has 0 radical (unpaired) electrons. The average molecular weight is 240 g/mol. The molecule has 0 saturated heterocycles. The molecule has 0 spiro atoms. The van der Waals surface area contributed by atoms with Gasteiger partial charge in [-0.15, -0.1) is 0 Å². The summed E-state index contributed by atoms with van der Waals surface area (Å²) in [6.45, 7) is 0.735. The second-order valence-corrected chi connectivity index (χ2v) is 4.19. The van der Waals surface area contributed by atoms with Gasteiger partial charge in [-0.05, 0) is 12.5 Å². The second-order valence-electron chi connectivity index (χ2n) is 4.19. The largest absolute Gasteiger partial charge is 0.478 e. The van der Waals surface area contributed by atoms with Crippen molar-refractivity contribution < 1.29 is 9.90 Å². The standard InChI is InChI=1S/C14H12N2O2/c17-14(18)12-11-8-4-5-9-16(11)15-13(12)10-6-2-1-3-7-10/h1-4,6-8H,5,9H2,(H,17,18). The first kappa shape index (κ1) is 10.8. The molecule has 0 atom stereocenters. The maximum Gasteiger partial charge on any atom is 0.340 e. The fraction of sp³-hybridized carbons (Fsp3) is 0.143. The predicted octanol–water partition coefficient (Wildman–Crippen LogP) is 2.67. The van der Waals surface area contributed by atoms with Crippen molar-refractivity contribution >= 4 is 12.0 Å². The van der Waals surface area contributed by atoms with E-state index >= 15 is 0 Å². The van der Waals surface area contributed by atoms with Crippen LogP contribution < -0.4 is 0 Å². The number of aromatic nitrogens is 2. The molecule has 1 aromatic heterocycles. The van der Waals surface area contributed by atoms with Crippen molar-refractivity contribution in [3.63, 3.8) is 0 Å². The van der Waals surface area contributed by atoms with Crippen LogP contribution in [0.3, 0.4) is 0 Å². The highest BCUT2D eigenvalue weighted by Crippen LogP contribution is 2.28. The van der Waals surface area contributed by atoms with Crippen LogP contribution in [0, 0.1) is 0 Å². The predicted molar refractivity (Wildman–Crippen MR) is 68.3 cm³/mol. The molecule has 1 N–H and O–H groups in total. The number of carbonyl (C=O) groups is 1. The third-order valence-electron chi connectivity index (χ3n) is 3.04. The zero-order valence-corrected chi connectivity index (χ0v) is 9.71. The topological polar surface area (TPSA) is 55.1 Å². The molecule has 2 aromatic rings. The van der Waals surface area contributed by atoms with Crippen LogP contribution in [0.25, 0.3) is 17.3 Å². The summed E-state index contributed by atoms with van der Waals surface area (Å²) in [5, 5.41) is 13.8. The Balaban J connectivity index is 2.24. The van der Waals surface area contributed by atoms with E-state index in [2.05, 4.69) is 5.10 Å². The number of aromatic carboxylic acids is 1. The molecule has 0 saturated carbocycles. The highest BCUT2D eigenvalue weighted by Gasteiger charge is 2.23. The lowest BCUT2D eigenvalue weighted by Gasteiger charge is -2.07. The van der Waals surface area contributed by atoms with E-state index in [1.54, 1.807) is 4.68 Å². The lowest BCUT2D eigenvalue weighted by atomic mass is 10.0. The van der Waals surface area contributed by atoms with Crippen molar-refractivity contribution in [2.24, 2.45) is 0 Å². The molecule has 0 unspecified atom stereocenters. The number of fused-ring (bicyclic) bond motifs is 1. The van der Waals surface area contributed by atoms with Crippen LogP contribution >= 0.6 is 0 Å². The zero-order valence-electron chi connectivity index (χ0n) is 9.71. The Kier molecular flexibility index (Phi) is 2.48. The van der Waals surface area contributed by atoms with Crippen LogP contribution in [0.5, 0.6) is 0 Å². The molecule has 0 aliphatic carbocycles. The van der Waals surface area contributed by atoms with Crippen molar-refractivity contribution in [1.29, 1.82) is 0 Å². The molecule has 1 aromatic carbocycles. The third-order valence-corrected chi connectivity index (χ3v) is 3.04. The van der Waals surface area contributed by atoms with Crippen LogP contribution in [-0.4, -0.2) is 20.9 Å². The average Bonchev–Trinajstić information content (AvgIpc) is 2.79. The zero-order chi connectivity index (χ0) is 12.5. The van der Waals surface area contributed by atoms with Gasteiger partial charge in [0.15, 0.2) is 0 Å². The van der Waals surface area contributed by atoms with Gasteiger partial charge in [0.05, 0.1) is 5.69 Å². The van der Waals surface area contributed by atoms with Crippen LogP contribution in [-0.2, 0) is 6.54 Å². The Bertz CT molecular complexity index is 627. The quantitative estimate of drug-likeness (QED) is 0.878. The lowest BCUT2D eigenvalue weighted by Crippen LogP contribution is -2.07. The summed E-state index contributed by atoms with van der Waals surface area (Å²) in [7, 11) is 0. The number of rotatable bonds is 2. The fourth-order valence-electron chi connectivity index (χ4n) is 2.22. The molecule has 2 heterocycles. The number of carboxylic acids is 1. The monoisotopic (exact) mass is 240 g/mol. The Morgan fingerprint density at radius 2 is 2.06 bits per heavy atom. The summed E-state index contributed by atoms with van der Waals surface area (Å²) in [4.78, 5) is 11.4. The first-order valence-corrected chi connectivity index (χ1v) is 5.83. The first-order valence-electron chi connectivity index (χ1n) is 5.83. The maximum atomic E-state index is 11.4. The van der Waals surface area contributed by atoms with Crippen LogP contribution in [0.15, 0.2) is 36.4 Å². The normalized spacial score (nSPS) is 13.3. The van der Waals surface area contributed by atoms with Crippen LogP contribution in [0.1, 0.15) is 22.5 Å². The Labute approximate surface area is 104 Å². The van der Waals surface area contributed by atoms with Gasteiger partial charge >= 0.3 is 5.97 Å². The minimum absolute atomic E-state index is 0.289. The molecular weight excluding hydrogens is 228 g/mol. The minimum Gasteiger partial charge on any atom is -0.478 e. The molecule has 1 aliphatic heterocycles.